The fourth-order valence-corrected chi connectivity index (χ4v) is 4.10. The second kappa shape index (κ2) is 6.80. The van der Waals surface area contributed by atoms with Crippen LogP contribution in [0.2, 0.25) is 0 Å². The van der Waals surface area contributed by atoms with Crippen LogP contribution in [0.1, 0.15) is 31.7 Å². The van der Waals surface area contributed by atoms with Crippen LogP contribution in [-0.2, 0) is 4.79 Å². The molecule has 3 aromatic rings. The lowest BCUT2D eigenvalue weighted by atomic mass is 9.86. The molecule has 2 atom stereocenters. The first kappa shape index (κ1) is 17.7. The molecule has 0 bridgehead atoms. The van der Waals surface area contributed by atoms with Crippen molar-refractivity contribution in [1.29, 1.82) is 0 Å². The van der Waals surface area contributed by atoms with Gasteiger partial charge in [-0.05, 0) is 54.2 Å². The Morgan fingerprint density at radius 1 is 1.11 bits per heavy atom. The summed E-state index contributed by atoms with van der Waals surface area (Å²) < 4.78 is 28.9. The molecule has 140 valence electrons. The molecule has 0 radical (unpaired) electrons. The summed E-state index contributed by atoms with van der Waals surface area (Å²) in [5.74, 6) is -0.249. The van der Waals surface area contributed by atoms with Crippen molar-refractivity contribution >= 4 is 16.8 Å². The minimum Gasteiger partial charge on any atom is -0.343 e. The number of amides is 1. The molecule has 1 amide bonds. The lowest BCUT2D eigenvalue weighted by Gasteiger charge is -2.20. The van der Waals surface area contributed by atoms with Gasteiger partial charge < -0.3 is 9.47 Å². The van der Waals surface area contributed by atoms with Gasteiger partial charge in [-0.3, -0.25) is 4.79 Å². The molecule has 0 spiro atoms. The summed E-state index contributed by atoms with van der Waals surface area (Å²) in [6.45, 7) is 5.46. The predicted octanol–water partition coefficient (Wildman–Crippen LogP) is 4.88. The smallest absolute Gasteiger partial charge is 0.219 e. The summed E-state index contributed by atoms with van der Waals surface area (Å²) in [5, 5.41) is 1.03. The van der Waals surface area contributed by atoms with Gasteiger partial charge in [-0.25, -0.2) is 8.78 Å². The van der Waals surface area contributed by atoms with Gasteiger partial charge in [0.2, 0.25) is 5.91 Å². The number of hydrogen-bond donors (Lipinski definition) is 0. The molecule has 0 N–H and O–H groups in total. The number of hydrogen-bond acceptors (Lipinski definition) is 1. The van der Waals surface area contributed by atoms with Crippen LogP contribution in [0.4, 0.5) is 8.78 Å². The average Bonchev–Trinajstić information content (AvgIpc) is 3.27. The Morgan fingerprint density at radius 3 is 2.52 bits per heavy atom. The molecule has 1 aromatic heterocycles. The normalized spacial score (nSPS) is 18.2. The van der Waals surface area contributed by atoms with Gasteiger partial charge in [0.25, 0.3) is 0 Å². The fraction of sp³-hybridized carbons (Fsp3) is 0.318. The van der Waals surface area contributed by atoms with E-state index in [2.05, 4.69) is 19.1 Å². The first-order valence-corrected chi connectivity index (χ1v) is 9.25. The molecular weight excluding hydrogens is 346 g/mol. The van der Waals surface area contributed by atoms with Crippen LogP contribution in [0.5, 0.6) is 0 Å². The highest BCUT2D eigenvalue weighted by Gasteiger charge is 2.29. The van der Waals surface area contributed by atoms with Crippen LogP contribution in [-0.4, -0.2) is 28.5 Å². The standard InChI is InChI=1S/C22H22F2N2O/c1-14(18-5-7-25(13-18)15(2)27)16-3-4-22-17(9-16)6-8-26(22)21-11-19(23)10-20(24)12-21/h3-4,6,8-12,14,18H,5,7,13H2,1-2H3/t14-,18-/m1/s1. The van der Waals surface area contributed by atoms with Gasteiger partial charge in [0.15, 0.2) is 0 Å². The van der Waals surface area contributed by atoms with E-state index in [-0.39, 0.29) is 5.91 Å². The van der Waals surface area contributed by atoms with Crippen molar-refractivity contribution in [3.05, 3.63) is 65.9 Å². The molecule has 4 rings (SSSR count). The zero-order valence-electron chi connectivity index (χ0n) is 15.5. The van der Waals surface area contributed by atoms with E-state index < -0.39 is 11.6 Å². The van der Waals surface area contributed by atoms with Gasteiger partial charge in [-0.1, -0.05) is 13.0 Å². The Morgan fingerprint density at radius 2 is 1.85 bits per heavy atom. The maximum Gasteiger partial charge on any atom is 0.219 e. The molecule has 1 fully saturated rings. The zero-order chi connectivity index (χ0) is 19.1. The van der Waals surface area contributed by atoms with Crippen molar-refractivity contribution in [2.24, 2.45) is 5.92 Å². The second-order valence-corrected chi connectivity index (χ2v) is 7.43. The minimum absolute atomic E-state index is 0.138. The quantitative estimate of drug-likeness (QED) is 0.647. The minimum atomic E-state index is -0.589. The van der Waals surface area contributed by atoms with E-state index in [0.29, 0.717) is 17.5 Å². The molecule has 0 unspecified atom stereocenters. The summed E-state index contributed by atoms with van der Waals surface area (Å²) in [6.07, 6.45) is 2.85. The van der Waals surface area contributed by atoms with E-state index in [0.717, 1.165) is 36.5 Å². The number of rotatable bonds is 3. The Hall–Kier alpha value is -2.69. The predicted molar refractivity (Wildman–Crippen MR) is 102 cm³/mol. The first-order valence-electron chi connectivity index (χ1n) is 9.25. The molecule has 1 aliphatic rings. The van der Waals surface area contributed by atoms with Crippen LogP contribution < -0.4 is 0 Å². The van der Waals surface area contributed by atoms with Crippen molar-refractivity contribution in [2.75, 3.05) is 13.1 Å². The number of aromatic nitrogens is 1. The van der Waals surface area contributed by atoms with E-state index in [1.54, 1.807) is 11.5 Å². The van der Waals surface area contributed by atoms with E-state index >= 15 is 0 Å². The topological polar surface area (TPSA) is 25.2 Å². The molecular formula is C22H22F2N2O. The van der Waals surface area contributed by atoms with Gasteiger partial charge >= 0.3 is 0 Å². The van der Waals surface area contributed by atoms with E-state index in [1.807, 2.05) is 23.2 Å². The highest BCUT2D eigenvalue weighted by molar-refractivity contribution is 5.83. The fourth-order valence-electron chi connectivity index (χ4n) is 4.10. The maximum atomic E-state index is 13.6. The highest BCUT2D eigenvalue weighted by Crippen LogP contribution is 2.34. The third-order valence-corrected chi connectivity index (χ3v) is 5.74. The van der Waals surface area contributed by atoms with Gasteiger partial charge in [0.05, 0.1) is 11.2 Å². The Balaban J connectivity index is 1.63. The maximum absolute atomic E-state index is 13.6. The first-order chi connectivity index (χ1) is 12.9. The lowest BCUT2D eigenvalue weighted by molar-refractivity contribution is -0.127. The van der Waals surface area contributed by atoms with Crippen molar-refractivity contribution in [3.8, 4) is 5.69 Å². The number of benzene rings is 2. The van der Waals surface area contributed by atoms with Crippen LogP contribution in [0.25, 0.3) is 16.6 Å². The summed E-state index contributed by atoms with van der Waals surface area (Å²) >= 11 is 0. The van der Waals surface area contributed by atoms with Gasteiger partial charge in [-0.15, -0.1) is 0 Å². The zero-order valence-corrected chi connectivity index (χ0v) is 15.5. The SMILES string of the molecule is CC(=O)N1CC[C@@H]([C@H](C)c2ccc3c(ccn3-c3cc(F)cc(F)c3)c2)C1. The van der Waals surface area contributed by atoms with E-state index in [9.17, 15) is 13.6 Å². The molecule has 27 heavy (non-hydrogen) atoms. The molecule has 1 saturated heterocycles. The Bertz CT molecular complexity index is 990. The van der Waals surface area contributed by atoms with Gasteiger partial charge in [0, 0.05) is 37.7 Å². The molecule has 3 nitrogen and oxygen atoms in total. The van der Waals surface area contributed by atoms with Crippen LogP contribution in [0.15, 0.2) is 48.7 Å². The number of halogens is 2. The second-order valence-electron chi connectivity index (χ2n) is 7.43. The van der Waals surface area contributed by atoms with Crippen molar-refractivity contribution in [2.45, 2.75) is 26.2 Å². The molecule has 1 aliphatic heterocycles. The molecule has 5 heteroatoms. The summed E-state index contributed by atoms with van der Waals surface area (Å²) in [5.41, 5.74) is 2.60. The van der Waals surface area contributed by atoms with Gasteiger partial charge in [-0.2, -0.15) is 0 Å². The van der Waals surface area contributed by atoms with Crippen LogP contribution in [0.3, 0.4) is 0 Å². The molecule has 2 aromatic carbocycles. The Labute approximate surface area is 157 Å². The van der Waals surface area contributed by atoms with Crippen molar-refractivity contribution < 1.29 is 13.6 Å². The number of carbonyl (C=O) groups excluding carboxylic acids is 1. The highest BCUT2D eigenvalue weighted by atomic mass is 19.1. The number of nitrogens with zero attached hydrogens (tertiary/aromatic N) is 2. The molecule has 0 saturated carbocycles. The number of likely N-dealkylation sites (tertiary alicyclic amines) is 1. The van der Waals surface area contributed by atoms with Crippen LogP contribution in [0, 0.1) is 17.6 Å². The van der Waals surface area contributed by atoms with E-state index in [1.165, 1.54) is 17.7 Å². The number of carbonyl (C=O) groups is 1. The largest absolute Gasteiger partial charge is 0.343 e. The summed E-state index contributed by atoms with van der Waals surface area (Å²) in [7, 11) is 0. The lowest BCUT2D eigenvalue weighted by Crippen LogP contribution is -2.26. The Kier molecular flexibility index (Phi) is 4.46. The summed E-state index contributed by atoms with van der Waals surface area (Å²) in [6, 6.07) is 11.7. The van der Waals surface area contributed by atoms with Crippen molar-refractivity contribution in [1.82, 2.24) is 9.47 Å². The average molecular weight is 368 g/mol. The van der Waals surface area contributed by atoms with Crippen LogP contribution >= 0.6 is 0 Å². The third-order valence-electron chi connectivity index (χ3n) is 5.74. The molecule has 0 aliphatic carbocycles. The number of fused-ring (bicyclic) bond motifs is 1. The van der Waals surface area contributed by atoms with E-state index in [4.69, 9.17) is 0 Å². The third kappa shape index (κ3) is 3.34. The molecule has 2 heterocycles. The summed E-state index contributed by atoms with van der Waals surface area (Å²) in [4.78, 5) is 13.5. The van der Waals surface area contributed by atoms with Crippen molar-refractivity contribution in [3.63, 3.8) is 0 Å². The van der Waals surface area contributed by atoms with Gasteiger partial charge in [0.1, 0.15) is 11.6 Å². The monoisotopic (exact) mass is 368 g/mol.